The van der Waals surface area contributed by atoms with Gasteiger partial charge in [0.1, 0.15) is 0 Å². The Balaban J connectivity index is 2.44. The zero-order chi connectivity index (χ0) is 10.1. The van der Waals surface area contributed by atoms with E-state index in [1.807, 2.05) is 19.1 Å². The topological polar surface area (TPSA) is 37.3 Å². The summed E-state index contributed by atoms with van der Waals surface area (Å²) in [7, 11) is 0. The molecule has 2 rings (SSSR count). The van der Waals surface area contributed by atoms with Crippen LogP contribution in [0.15, 0.2) is 18.2 Å². The number of fused-ring (bicyclic) bond motifs is 1. The van der Waals surface area contributed by atoms with E-state index in [9.17, 15) is 4.79 Å². The molecular weight excluding hydrogens is 176 g/mol. The third-order valence-corrected chi connectivity index (χ3v) is 2.91. The first-order chi connectivity index (χ1) is 6.68. The van der Waals surface area contributed by atoms with Gasteiger partial charge in [-0.25, -0.2) is 0 Å². The Morgan fingerprint density at radius 1 is 1.50 bits per heavy atom. The molecule has 0 heterocycles. The Kier molecular flexibility index (Phi) is 2.28. The first-order valence-electron chi connectivity index (χ1n) is 5.00. The number of carbonyl (C=O) groups is 1. The van der Waals surface area contributed by atoms with E-state index in [0.29, 0.717) is 0 Å². The number of aryl methyl sites for hydroxylation is 2. The molecule has 1 unspecified atom stereocenters. The van der Waals surface area contributed by atoms with E-state index < -0.39 is 5.97 Å². The Morgan fingerprint density at radius 2 is 2.29 bits per heavy atom. The Morgan fingerprint density at radius 3 is 3.00 bits per heavy atom. The van der Waals surface area contributed by atoms with Crippen molar-refractivity contribution in [3.63, 3.8) is 0 Å². The van der Waals surface area contributed by atoms with Crippen LogP contribution in [0.4, 0.5) is 0 Å². The number of aliphatic carboxylic acids is 1. The van der Waals surface area contributed by atoms with Crippen LogP contribution in [-0.4, -0.2) is 11.1 Å². The maximum atomic E-state index is 11.0. The third kappa shape index (κ3) is 1.52. The molecule has 0 spiro atoms. The molecule has 0 saturated carbocycles. The van der Waals surface area contributed by atoms with E-state index in [0.717, 1.165) is 24.8 Å². The Hall–Kier alpha value is -1.31. The van der Waals surface area contributed by atoms with Gasteiger partial charge in [-0.3, -0.25) is 4.79 Å². The third-order valence-electron chi connectivity index (χ3n) is 2.91. The summed E-state index contributed by atoms with van der Waals surface area (Å²) >= 11 is 0. The zero-order valence-corrected chi connectivity index (χ0v) is 8.29. The molecule has 0 saturated heterocycles. The second kappa shape index (κ2) is 3.45. The molecule has 1 aromatic rings. The van der Waals surface area contributed by atoms with E-state index in [-0.39, 0.29) is 5.92 Å². The van der Waals surface area contributed by atoms with Crippen molar-refractivity contribution in [3.05, 3.63) is 34.9 Å². The average Bonchev–Trinajstić information content (AvgIpc) is 2.16. The van der Waals surface area contributed by atoms with Crippen LogP contribution < -0.4 is 0 Å². The van der Waals surface area contributed by atoms with Gasteiger partial charge in [-0.1, -0.05) is 23.8 Å². The first-order valence-corrected chi connectivity index (χ1v) is 5.00. The lowest BCUT2D eigenvalue weighted by molar-refractivity contribution is -0.139. The first kappa shape index (κ1) is 9.25. The van der Waals surface area contributed by atoms with Crippen LogP contribution in [0.25, 0.3) is 0 Å². The van der Waals surface area contributed by atoms with Gasteiger partial charge in [0.15, 0.2) is 0 Å². The maximum Gasteiger partial charge on any atom is 0.310 e. The summed E-state index contributed by atoms with van der Waals surface area (Å²) in [6, 6.07) is 6.09. The predicted molar refractivity (Wildman–Crippen MR) is 54.5 cm³/mol. The minimum atomic E-state index is -0.685. The van der Waals surface area contributed by atoms with Gasteiger partial charge in [0.2, 0.25) is 0 Å². The maximum absolute atomic E-state index is 11.0. The number of carboxylic acids is 1. The summed E-state index contributed by atoms with van der Waals surface area (Å²) in [5.41, 5.74) is 3.47. The van der Waals surface area contributed by atoms with E-state index >= 15 is 0 Å². The lowest BCUT2D eigenvalue weighted by Crippen LogP contribution is -2.17. The minimum Gasteiger partial charge on any atom is -0.481 e. The van der Waals surface area contributed by atoms with Crippen LogP contribution in [0.5, 0.6) is 0 Å². The molecule has 2 nitrogen and oxygen atoms in total. The monoisotopic (exact) mass is 190 g/mol. The van der Waals surface area contributed by atoms with Gasteiger partial charge in [0.05, 0.1) is 5.92 Å². The molecule has 0 aromatic heterocycles. The van der Waals surface area contributed by atoms with Crippen LogP contribution in [0.1, 0.15) is 35.4 Å². The highest BCUT2D eigenvalue weighted by Gasteiger charge is 2.25. The summed E-state index contributed by atoms with van der Waals surface area (Å²) in [5.74, 6) is -0.964. The van der Waals surface area contributed by atoms with Crippen molar-refractivity contribution in [3.8, 4) is 0 Å². The van der Waals surface area contributed by atoms with Crippen molar-refractivity contribution in [2.45, 2.75) is 32.1 Å². The van der Waals surface area contributed by atoms with Crippen LogP contribution in [0.2, 0.25) is 0 Å². The standard InChI is InChI=1S/C12H14O2/c1-8-5-6-10-9(7-8)3-2-4-11(10)12(13)14/h5-7,11H,2-4H2,1H3,(H,13,14). The van der Waals surface area contributed by atoms with Crippen molar-refractivity contribution >= 4 is 5.97 Å². The lowest BCUT2D eigenvalue weighted by atomic mass is 9.82. The largest absolute Gasteiger partial charge is 0.481 e. The van der Waals surface area contributed by atoms with Crippen molar-refractivity contribution in [2.75, 3.05) is 0 Å². The van der Waals surface area contributed by atoms with Gasteiger partial charge in [-0.05, 0) is 37.3 Å². The highest BCUT2D eigenvalue weighted by Crippen LogP contribution is 2.32. The van der Waals surface area contributed by atoms with Gasteiger partial charge in [0.25, 0.3) is 0 Å². The highest BCUT2D eigenvalue weighted by atomic mass is 16.4. The van der Waals surface area contributed by atoms with E-state index in [2.05, 4.69) is 6.07 Å². The molecule has 74 valence electrons. The number of rotatable bonds is 1. The van der Waals surface area contributed by atoms with Gasteiger partial charge >= 0.3 is 5.97 Å². The summed E-state index contributed by atoms with van der Waals surface area (Å²) in [6.45, 7) is 2.05. The second-order valence-corrected chi connectivity index (χ2v) is 3.99. The Bertz CT molecular complexity index is 369. The lowest BCUT2D eigenvalue weighted by Gasteiger charge is -2.22. The SMILES string of the molecule is Cc1ccc2c(c1)CCCC2C(=O)O. The highest BCUT2D eigenvalue weighted by molar-refractivity contribution is 5.77. The molecule has 1 N–H and O–H groups in total. The fraction of sp³-hybridized carbons (Fsp3) is 0.417. The molecule has 14 heavy (non-hydrogen) atoms. The summed E-state index contributed by atoms with van der Waals surface area (Å²) in [4.78, 5) is 11.0. The van der Waals surface area contributed by atoms with Crippen LogP contribution in [0.3, 0.4) is 0 Å². The molecule has 0 bridgehead atoms. The number of benzene rings is 1. The van der Waals surface area contributed by atoms with Crippen molar-refractivity contribution in [2.24, 2.45) is 0 Å². The smallest absolute Gasteiger partial charge is 0.310 e. The fourth-order valence-electron chi connectivity index (χ4n) is 2.20. The van der Waals surface area contributed by atoms with Gasteiger partial charge in [-0.15, -0.1) is 0 Å². The van der Waals surface area contributed by atoms with Crippen LogP contribution in [-0.2, 0) is 11.2 Å². The van der Waals surface area contributed by atoms with Crippen LogP contribution >= 0.6 is 0 Å². The predicted octanol–water partition coefficient (Wildman–Crippen LogP) is 2.50. The summed E-state index contributed by atoms with van der Waals surface area (Å²) < 4.78 is 0. The quantitative estimate of drug-likeness (QED) is 0.738. The van der Waals surface area contributed by atoms with Crippen molar-refractivity contribution < 1.29 is 9.90 Å². The zero-order valence-electron chi connectivity index (χ0n) is 8.29. The average molecular weight is 190 g/mol. The fourth-order valence-corrected chi connectivity index (χ4v) is 2.20. The molecule has 1 aliphatic carbocycles. The number of carboxylic acid groups (broad SMARTS) is 1. The summed E-state index contributed by atoms with van der Waals surface area (Å²) in [5, 5.41) is 9.05. The van der Waals surface area contributed by atoms with Gasteiger partial charge in [0, 0.05) is 0 Å². The second-order valence-electron chi connectivity index (χ2n) is 3.99. The summed E-state index contributed by atoms with van der Waals surface area (Å²) in [6.07, 6.45) is 2.81. The van der Waals surface area contributed by atoms with Crippen molar-refractivity contribution in [1.82, 2.24) is 0 Å². The van der Waals surface area contributed by atoms with E-state index in [1.165, 1.54) is 11.1 Å². The molecule has 1 aromatic carbocycles. The minimum absolute atomic E-state index is 0.278. The normalized spacial score (nSPS) is 20.2. The number of hydrogen-bond donors (Lipinski definition) is 1. The van der Waals surface area contributed by atoms with E-state index in [1.54, 1.807) is 0 Å². The van der Waals surface area contributed by atoms with E-state index in [4.69, 9.17) is 5.11 Å². The molecule has 0 radical (unpaired) electrons. The Labute approximate surface area is 83.6 Å². The number of hydrogen-bond acceptors (Lipinski definition) is 1. The molecule has 1 atom stereocenters. The molecule has 0 aliphatic heterocycles. The molecule has 1 aliphatic rings. The van der Waals surface area contributed by atoms with Crippen molar-refractivity contribution in [1.29, 1.82) is 0 Å². The molecular formula is C12H14O2. The van der Waals surface area contributed by atoms with Gasteiger partial charge < -0.3 is 5.11 Å². The van der Waals surface area contributed by atoms with Gasteiger partial charge in [-0.2, -0.15) is 0 Å². The molecule has 2 heteroatoms. The molecule has 0 amide bonds. The molecule has 0 fully saturated rings. The van der Waals surface area contributed by atoms with Crippen LogP contribution in [0, 0.1) is 6.92 Å².